The molecule has 0 atom stereocenters. The molecule has 20 heavy (non-hydrogen) atoms. The van der Waals surface area contributed by atoms with E-state index < -0.39 is 0 Å². The number of nitrogens with one attached hydrogen (secondary N) is 1. The van der Waals surface area contributed by atoms with E-state index in [9.17, 15) is 9.90 Å². The van der Waals surface area contributed by atoms with Crippen LogP contribution >= 0.6 is 0 Å². The molecule has 2 aromatic rings. The molecule has 0 bridgehead atoms. The molecular formula is C16H18N2O2. The third-order valence-electron chi connectivity index (χ3n) is 3.13. The zero-order valence-corrected chi connectivity index (χ0v) is 11.4. The van der Waals surface area contributed by atoms with Crippen LogP contribution in [0.5, 0.6) is 5.75 Å². The zero-order chi connectivity index (χ0) is 14.5. The number of carbonyl (C=O) groups excluding carboxylic acids is 1. The maximum Gasteiger partial charge on any atom is 0.251 e. The third kappa shape index (κ3) is 3.51. The van der Waals surface area contributed by atoms with Gasteiger partial charge in [-0.3, -0.25) is 4.79 Å². The average molecular weight is 270 g/mol. The molecule has 104 valence electrons. The van der Waals surface area contributed by atoms with Gasteiger partial charge in [-0.05, 0) is 54.8 Å². The molecule has 4 heteroatoms. The number of amides is 1. The Labute approximate surface area is 118 Å². The van der Waals surface area contributed by atoms with Crippen molar-refractivity contribution < 1.29 is 9.90 Å². The lowest BCUT2D eigenvalue weighted by Crippen LogP contribution is -2.26. The molecule has 0 aromatic heterocycles. The summed E-state index contributed by atoms with van der Waals surface area (Å²) in [6.07, 6.45) is 0.722. The number of aromatic hydroxyl groups is 1. The molecule has 0 heterocycles. The highest BCUT2D eigenvalue weighted by atomic mass is 16.3. The van der Waals surface area contributed by atoms with E-state index >= 15 is 0 Å². The van der Waals surface area contributed by atoms with E-state index in [1.807, 2.05) is 19.1 Å². The molecule has 0 spiro atoms. The largest absolute Gasteiger partial charge is 0.508 e. The van der Waals surface area contributed by atoms with Crippen LogP contribution in [0.15, 0.2) is 42.5 Å². The molecule has 4 nitrogen and oxygen atoms in total. The van der Waals surface area contributed by atoms with Gasteiger partial charge in [-0.1, -0.05) is 12.1 Å². The lowest BCUT2D eigenvalue weighted by molar-refractivity contribution is 0.0953. The van der Waals surface area contributed by atoms with Crippen molar-refractivity contribution in [2.75, 3.05) is 12.3 Å². The van der Waals surface area contributed by atoms with Gasteiger partial charge < -0.3 is 16.2 Å². The van der Waals surface area contributed by atoms with Crippen molar-refractivity contribution >= 4 is 11.6 Å². The van der Waals surface area contributed by atoms with Crippen LogP contribution in [0.2, 0.25) is 0 Å². The summed E-state index contributed by atoms with van der Waals surface area (Å²) >= 11 is 0. The molecule has 0 radical (unpaired) electrons. The smallest absolute Gasteiger partial charge is 0.251 e. The minimum atomic E-state index is -0.0960. The Morgan fingerprint density at radius 2 is 1.90 bits per heavy atom. The third-order valence-corrected chi connectivity index (χ3v) is 3.13. The van der Waals surface area contributed by atoms with Gasteiger partial charge in [0.15, 0.2) is 0 Å². The van der Waals surface area contributed by atoms with E-state index in [1.165, 1.54) is 0 Å². The molecule has 1 amide bonds. The lowest BCUT2D eigenvalue weighted by Gasteiger charge is -2.08. The number of aryl methyl sites for hydroxylation is 1. The van der Waals surface area contributed by atoms with Crippen LogP contribution in [-0.4, -0.2) is 17.6 Å². The molecular weight excluding hydrogens is 252 g/mol. The first-order chi connectivity index (χ1) is 9.56. The fourth-order valence-corrected chi connectivity index (χ4v) is 2.02. The monoisotopic (exact) mass is 270 g/mol. The van der Waals surface area contributed by atoms with Gasteiger partial charge in [0.05, 0.1) is 0 Å². The second kappa shape index (κ2) is 6.10. The maximum absolute atomic E-state index is 12.0. The Hall–Kier alpha value is -2.49. The van der Waals surface area contributed by atoms with Gasteiger partial charge in [0.25, 0.3) is 5.91 Å². The van der Waals surface area contributed by atoms with Crippen molar-refractivity contribution in [3.05, 3.63) is 59.2 Å². The van der Waals surface area contributed by atoms with Gasteiger partial charge in [0, 0.05) is 17.8 Å². The number of phenols is 1. The van der Waals surface area contributed by atoms with E-state index in [2.05, 4.69) is 5.32 Å². The van der Waals surface area contributed by atoms with Crippen molar-refractivity contribution in [1.82, 2.24) is 5.32 Å². The van der Waals surface area contributed by atoms with E-state index in [4.69, 9.17) is 5.73 Å². The van der Waals surface area contributed by atoms with Crippen molar-refractivity contribution in [3.63, 3.8) is 0 Å². The van der Waals surface area contributed by atoms with Crippen LogP contribution in [0.1, 0.15) is 21.5 Å². The Morgan fingerprint density at radius 3 is 2.55 bits per heavy atom. The van der Waals surface area contributed by atoms with E-state index in [0.717, 1.165) is 17.5 Å². The topological polar surface area (TPSA) is 75.4 Å². The summed E-state index contributed by atoms with van der Waals surface area (Å²) in [7, 11) is 0. The molecule has 2 aromatic carbocycles. The second-order valence-electron chi connectivity index (χ2n) is 4.75. The minimum Gasteiger partial charge on any atom is -0.508 e. The fourth-order valence-electron chi connectivity index (χ4n) is 2.02. The summed E-state index contributed by atoms with van der Waals surface area (Å²) in [6.45, 7) is 2.42. The summed E-state index contributed by atoms with van der Waals surface area (Å²) in [6, 6.07) is 12.2. The highest BCUT2D eigenvalue weighted by Gasteiger charge is 2.08. The van der Waals surface area contributed by atoms with E-state index in [0.29, 0.717) is 17.8 Å². The van der Waals surface area contributed by atoms with E-state index in [1.54, 1.807) is 30.3 Å². The molecule has 2 rings (SSSR count). The number of carbonyl (C=O) groups is 1. The van der Waals surface area contributed by atoms with Gasteiger partial charge in [-0.2, -0.15) is 0 Å². The number of hydrogen-bond acceptors (Lipinski definition) is 3. The Kier molecular flexibility index (Phi) is 4.25. The van der Waals surface area contributed by atoms with Gasteiger partial charge in [0.1, 0.15) is 5.75 Å². The van der Waals surface area contributed by atoms with Gasteiger partial charge in [-0.25, -0.2) is 0 Å². The Bertz CT molecular complexity index is 606. The van der Waals surface area contributed by atoms with Crippen molar-refractivity contribution in [3.8, 4) is 5.75 Å². The summed E-state index contributed by atoms with van der Waals surface area (Å²) in [5, 5.41) is 12.1. The highest BCUT2D eigenvalue weighted by Crippen LogP contribution is 2.12. The number of hydrogen-bond donors (Lipinski definition) is 3. The van der Waals surface area contributed by atoms with Gasteiger partial charge in [0.2, 0.25) is 0 Å². The molecule has 0 aliphatic carbocycles. The molecule has 0 aliphatic rings. The number of anilines is 1. The van der Waals surface area contributed by atoms with E-state index in [-0.39, 0.29) is 11.7 Å². The lowest BCUT2D eigenvalue weighted by atomic mass is 10.1. The summed E-state index contributed by atoms with van der Waals surface area (Å²) in [5.74, 6) is 0.150. The molecule has 0 aliphatic heterocycles. The zero-order valence-electron chi connectivity index (χ0n) is 11.4. The SMILES string of the molecule is Cc1cc(N)ccc1C(=O)NCCc1ccc(O)cc1. The second-order valence-corrected chi connectivity index (χ2v) is 4.75. The fraction of sp³-hybridized carbons (Fsp3) is 0.188. The van der Waals surface area contributed by atoms with Crippen LogP contribution < -0.4 is 11.1 Å². The standard InChI is InChI=1S/C16H18N2O2/c1-11-10-13(17)4-7-15(11)16(20)18-9-8-12-2-5-14(19)6-3-12/h2-7,10,19H,8-9,17H2,1H3,(H,18,20). The Balaban J connectivity index is 1.90. The van der Waals surface area contributed by atoms with Crippen LogP contribution in [0, 0.1) is 6.92 Å². The Morgan fingerprint density at radius 1 is 1.20 bits per heavy atom. The van der Waals surface area contributed by atoms with Crippen molar-refractivity contribution in [1.29, 1.82) is 0 Å². The molecule has 4 N–H and O–H groups in total. The van der Waals surface area contributed by atoms with Gasteiger partial charge in [-0.15, -0.1) is 0 Å². The maximum atomic E-state index is 12.0. The van der Waals surface area contributed by atoms with Crippen molar-refractivity contribution in [2.24, 2.45) is 0 Å². The number of nitrogens with two attached hydrogens (primary N) is 1. The van der Waals surface area contributed by atoms with Crippen LogP contribution in [-0.2, 0) is 6.42 Å². The summed E-state index contributed by atoms with van der Waals surface area (Å²) in [5.41, 5.74) is 8.90. The first-order valence-electron chi connectivity index (χ1n) is 6.48. The summed E-state index contributed by atoms with van der Waals surface area (Å²) < 4.78 is 0. The predicted octanol–water partition coefficient (Wildman–Crippen LogP) is 2.26. The molecule has 0 unspecified atom stereocenters. The predicted molar refractivity (Wildman–Crippen MR) is 79.7 cm³/mol. The first kappa shape index (κ1) is 13.9. The minimum absolute atomic E-state index is 0.0960. The quantitative estimate of drug-likeness (QED) is 0.746. The average Bonchev–Trinajstić information content (AvgIpc) is 2.41. The number of rotatable bonds is 4. The number of phenolic OH excluding ortho intramolecular Hbond substituents is 1. The van der Waals surface area contributed by atoms with Crippen LogP contribution in [0.25, 0.3) is 0 Å². The number of nitrogen functional groups attached to an aromatic ring is 1. The molecule has 0 fully saturated rings. The first-order valence-corrected chi connectivity index (χ1v) is 6.48. The molecule has 0 saturated carbocycles. The normalized spacial score (nSPS) is 10.2. The van der Waals surface area contributed by atoms with Crippen LogP contribution in [0.3, 0.4) is 0 Å². The van der Waals surface area contributed by atoms with Gasteiger partial charge >= 0.3 is 0 Å². The highest BCUT2D eigenvalue weighted by molar-refractivity contribution is 5.96. The number of benzene rings is 2. The summed E-state index contributed by atoms with van der Waals surface area (Å²) in [4.78, 5) is 12.0. The van der Waals surface area contributed by atoms with Crippen molar-refractivity contribution in [2.45, 2.75) is 13.3 Å². The van der Waals surface area contributed by atoms with Crippen LogP contribution in [0.4, 0.5) is 5.69 Å². The molecule has 0 saturated heterocycles.